The summed E-state index contributed by atoms with van der Waals surface area (Å²) in [5, 5.41) is 8.59. The summed E-state index contributed by atoms with van der Waals surface area (Å²) >= 11 is 0. The first-order valence-corrected chi connectivity index (χ1v) is 10.4. The van der Waals surface area contributed by atoms with Gasteiger partial charge in [0.1, 0.15) is 12.6 Å². The Hall–Kier alpha value is -1.36. The third kappa shape index (κ3) is 17.5. The molecule has 0 aliphatic heterocycles. The third-order valence-electron chi connectivity index (χ3n) is 4.38. The predicted molar refractivity (Wildman–Crippen MR) is 106 cm³/mol. The molecule has 0 aromatic heterocycles. The van der Waals surface area contributed by atoms with Crippen LogP contribution < -0.4 is 5.73 Å². The van der Waals surface area contributed by atoms with E-state index in [2.05, 4.69) is 19.1 Å². The van der Waals surface area contributed by atoms with Crippen LogP contribution in [-0.4, -0.2) is 29.7 Å². The fourth-order valence-electron chi connectivity index (χ4n) is 2.67. The monoisotopic (exact) mass is 369 g/mol. The van der Waals surface area contributed by atoms with Gasteiger partial charge in [-0.15, -0.1) is 0 Å². The molecule has 26 heavy (non-hydrogen) atoms. The summed E-state index contributed by atoms with van der Waals surface area (Å²) in [4.78, 5) is 21.9. The fourth-order valence-corrected chi connectivity index (χ4v) is 2.67. The number of esters is 1. The van der Waals surface area contributed by atoms with Gasteiger partial charge in [0, 0.05) is 6.42 Å². The van der Waals surface area contributed by atoms with E-state index in [1.54, 1.807) is 0 Å². The molecule has 0 heterocycles. The van der Waals surface area contributed by atoms with Crippen molar-refractivity contribution in [2.75, 3.05) is 6.61 Å². The lowest BCUT2D eigenvalue weighted by Gasteiger charge is -2.07. The SMILES string of the molecule is CCCCCCCC/C=C\CCCCCCCC(=O)OCC(N)C(=O)O. The van der Waals surface area contributed by atoms with Crippen LogP contribution in [0.5, 0.6) is 0 Å². The molecule has 0 amide bonds. The van der Waals surface area contributed by atoms with E-state index in [-0.39, 0.29) is 12.6 Å². The van der Waals surface area contributed by atoms with Gasteiger partial charge in [-0.3, -0.25) is 9.59 Å². The largest absolute Gasteiger partial charge is 0.480 e. The molecule has 0 aromatic carbocycles. The Bertz CT molecular complexity index is 382. The molecule has 0 aliphatic carbocycles. The molecule has 0 radical (unpaired) electrons. The molecule has 5 heteroatoms. The van der Waals surface area contributed by atoms with E-state index in [1.807, 2.05) is 0 Å². The molecule has 1 unspecified atom stereocenters. The van der Waals surface area contributed by atoms with E-state index in [0.29, 0.717) is 6.42 Å². The standard InChI is InChI=1S/C21H39NO4/c1-2-3-4-5-6-7-8-9-10-11-12-13-14-15-16-17-20(23)26-18-19(22)21(24)25/h9-10,19H,2-8,11-18,22H2,1H3,(H,24,25)/b10-9-. The van der Waals surface area contributed by atoms with Gasteiger partial charge >= 0.3 is 11.9 Å². The van der Waals surface area contributed by atoms with Crippen molar-refractivity contribution in [3.05, 3.63) is 12.2 Å². The molecule has 0 saturated heterocycles. The number of carboxylic acids is 1. The van der Waals surface area contributed by atoms with Gasteiger partial charge in [0.15, 0.2) is 0 Å². The predicted octanol–water partition coefficient (Wildman–Crippen LogP) is 4.98. The van der Waals surface area contributed by atoms with E-state index in [4.69, 9.17) is 15.6 Å². The summed E-state index contributed by atoms with van der Waals surface area (Å²) in [6, 6.07) is -1.13. The van der Waals surface area contributed by atoms with Crippen LogP contribution in [0.25, 0.3) is 0 Å². The molecular formula is C21H39NO4. The van der Waals surface area contributed by atoms with Crippen molar-refractivity contribution in [2.24, 2.45) is 5.73 Å². The molecule has 3 N–H and O–H groups in total. The zero-order valence-corrected chi connectivity index (χ0v) is 16.6. The number of hydrogen-bond donors (Lipinski definition) is 2. The van der Waals surface area contributed by atoms with E-state index in [9.17, 15) is 9.59 Å². The van der Waals surface area contributed by atoms with Crippen molar-refractivity contribution in [3.8, 4) is 0 Å². The molecule has 0 bridgehead atoms. The average molecular weight is 370 g/mol. The Kier molecular flexibility index (Phi) is 17.5. The van der Waals surface area contributed by atoms with Crippen LogP contribution in [0.15, 0.2) is 12.2 Å². The summed E-state index contributed by atoms with van der Waals surface area (Å²) in [5.74, 6) is -1.52. The Morgan fingerprint density at radius 1 is 0.885 bits per heavy atom. The summed E-state index contributed by atoms with van der Waals surface area (Å²) in [7, 11) is 0. The lowest BCUT2D eigenvalue weighted by Crippen LogP contribution is -2.35. The van der Waals surface area contributed by atoms with Crippen molar-refractivity contribution in [1.82, 2.24) is 0 Å². The van der Waals surface area contributed by atoms with Crippen LogP contribution in [0.3, 0.4) is 0 Å². The number of hydrogen-bond acceptors (Lipinski definition) is 4. The molecule has 0 aromatic rings. The number of unbranched alkanes of at least 4 members (excludes halogenated alkanes) is 11. The minimum atomic E-state index is -1.15. The van der Waals surface area contributed by atoms with Gasteiger partial charge in [-0.25, -0.2) is 0 Å². The van der Waals surface area contributed by atoms with Crippen LogP contribution in [0.1, 0.15) is 96.8 Å². The Balaban J connectivity index is 3.29. The first-order chi connectivity index (χ1) is 12.6. The number of aliphatic carboxylic acids is 1. The van der Waals surface area contributed by atoms with Crippen molar-refractivity contribution in [3.63, 3.8) is 0 Å². The topological polar surface area (TPSA) is 89.6 Å². The van der Waals surface area contributed by atoms with Gasteiger partial charge in [0.05, 0.1) is 0 Å². The first kappa shape index (κ1) is 24.6. The maximum absolute atomic E-state index is 11.4. The molecule has 0 spiro atoms. The molecule has 0 fully saturated rings. The maximum atomic E-state index is 11.4. The second-order valence-corrected chi connectivity index (χ2v) is 6.96. The van der Waals surface area contributed by atoms with Crippen LogP contribution in [-0.2, 0) is 14.3 Å². The van der Waals surface area contributed by atoms with Gasteiger partial charge in [0.25, 0.3) is 0 Å². The Morgan fingerprint density at radius 2 is 1.38 bits per heavy atom. The number of nitrogens with two attached hydrogens (primary N) is 1. The average Bonchev–Trinajstić information content (AvgIpc) is 2.62. The fraction of sp³-hybridized carbons (Fsp3) is 0.810. The van der Waals surface area contributed by atoms with E-state index >= 15 is 0 Å². The molecule has 5 nitrogen and oxygen atoms in total. The first-order valence-electron chi connectivity index (χ1n) is 10.4. The van der Waals surface area contributed by atoms with Gasteiger partial charge in [-0.05, 0) is 32.1 Å². The van der Waals surface area contributed by atoms with E-state index in [1.165, 1.54) is 57.8 Å². The minimum absolute atomic E-state index is 0.251. The highest BCUT2D eigenvalue weighted by atomic mass is 16.5. The van der Waals surface area contributed by atoms with Crippen molar-refractivity contribution < 1.29 is 19.4 Å². The maximum Gasteiger partial charge on any atom is 0.324 e. The number of carbonyl (C=O) groups is 2. The van der Waals surface area contributed by atoms with Crippen molar-refractivity contribution in [2.45, 2.75) is 103 Å². The second kappa shape index (κ2) is 18.4. The smallest absolute Gasteiger partial charge is 0.324 e. The lowest BCUT2D eigenvalue weighted by molar-refractivity contribution is -0.147. The van der Waals surface area contributed by atoms with E-state index < -0.39 is 12.0 Å². The third-order valence-corrected chi connectivity index (χ3v) is 4.38. The zero-order chi connectivity index (χ0) is 19.5. The van der Waals surface area contributed by atoms with Crippen LogP contribution in [0.4, 0.5) is 0 Å². The van der Waals surface area contributed by atoms with Crippen molar-refractivity contribution >= 4 is 11.9 Å². The van der Waals surface area contributed by atoms with Gasteiger partial charge in [-0.2, -0.15) is 0 Å². The Morgan fingerprint density at radius 3 is 1.92 bits per heavy atom. The summed E-state index contributed by atoms with van der Waals surface area (Å²) in [5.41, 5.74) is 5.27. The number of ether oxygens (including phenoxy) is 1. The van der Waals surface area contributed by atoms with E-state index in [0.717, 1.165) is 25.7 Å². The molecule has 0 aliphatic rings. The van der Waals surface area contributed by atoms with Crippen LogP contribution in [0.2, 0.25) is 0 Å². The van der Waals surface area contributed by atoms with Gasteiger partial charge < -0.3 is 15.6 Å². The molecule has 0 saturated carbocycles. The van der Waals surface area contributed by atoms with Crippen LogP contribution in [0, 0.1) is 0 Å². The number of carboxylic acid groups (broad SMARTS) is 1. The molecule has 0 rings (SSSR count). The quantitative estimate of drug-likeness (QED) is 0.202. The molecule has 1 atom stereocenters. The second-order valence-electron chi connectivity index (χ2n) is 6.96. The van der Waals surface area contributed by atoms with Gasteiger partial charge in [-0.1, -0.05) is 70.4 Å². The number of allylic oxidation sites excluding steroid dienone is 2. The highest BCUT2D eigenvalue weighted by Gasteiger charge is 2.13. The highest BCUT2D eigenvalue weighted by molar-refractivity contribution is 5.74. The number of carbonyl (C=O) groups excluding carboxylic acids is 1. The van der Waals surface area contributed by atoms with Crippen LogP contribution >= 0.6 is 0 Å². The summed E-state index contributed by atoms with van der Waals surface area (Å²) in [6.07, 6.45) is 20.7. The molecule has 152 valence electrons. The minimum Gasteiger partial charge on any atom is -0.480 e. The number of rotatable bonds is 18. The summed E-state index contributed by atoms with van der Waals surface area (Å²) < 4.78 is 4.83. The Labute approximate surface area is 159 Å². The lowest BCUT2D eigenvalue weighted by atomic mass is 10.1. The van der Waals surface area contributed by atoms with Gasteiger partial charge in [0.2, 0.25) is 0 Å². The molecular weight excluding hydrogens is 330 g/mol. The highest BCUT2D eigenvalue weighted by Crippen LogP contribution is 2.10. The normalized spacial score (nSPS) is 12.4. The summed E-state index contributed by atoms with van der Waals surface area (Å²) in [6.45, 7) is 2.00. The van der Waals surface area contributed by atoms with Crippen molar-refractivity contribution in [1.29, 1.82) is 0 Å². The zero-order valence-electron chi connectivity index (χ0n) is 16.6.